The molecule has 1 aliphatic rings. The highest BCUT2D eigenvalue weighted by Crippen LogP contribution is 2.21. The van der Waals surface area contributed by atoms with E-state index in [-0.39, 0.29) is 11.9 Å². The number of benzene rings is 2. The highest BCUT2D eigenvalue weighted by atomic mass is 32.2. The molecule has 3 rings (SSSR count). The number of nitrogens with zero attached hydrogens (tertiary/aromatic N) is 1. The summed E-state index contributed by atoms with van der Waals surface area (Å²) in [5.41, 5.74) is 3.84. The predicted octanol–water partition coefficient (Wildman–Crippen LogP) is 1.78. The van der Waals surface area contributed by atoms with Gasteiger partial charge in [0.25, 0.3) is 5.91 Å². The first-order valence-corrected chi connectivity index (χ1v) is 12.0. The average molecular weight is 431 g/mol. The van der Waals surface area contributed by atoms with Crippen LogP contribution in [0.4, 0.5) is 5.69 Å². The lowest BCUT2D eigenvalue weighted by atomic mass is 10.1. The number of piperazine rings is 1. The van der Waals surface area contributed by atoms with E-state index in [0.717, 1.165) is 28.1 Å². The van der Waals surface area contributed by atoms with E-state index in [1.807, 2.05) is 57.2 Å². The van der Waals surface area contributed by atoms with Crippen molar-refractivity contribution in [3.8, 4) is 0 Å². The van der Waals surface area contributed by atoms with E-state index in [1.54, 1.807) is 10.4 Å². The summed E-state index contributed by atoms with van der Waals surface area (Å²) >= 11 is 0. The van der Waals surface area contributed by atoms with Gasteiger partial charge in [-0.2, -0.15) is 4.31 Å². The van der Waals surface area contributed by atoms with Crippen molar-refractivity contribution in [2.45, 2.75) is 45.1 Å². The second-order valence-electron chi connectivity index (χ2n) is 8.09. The van der Waals surface area contributed by atoms with Gasteiger partial charge in [0.05, 0.1) is 31.1 Å². The fraction of sp³-hybridized carbons (Fsp3) is 0.435. The number of anilines is 1. The molecule has 162 valence electrons. The van der Waals surface area contributed by atoms with Crippen LogP contribution in [0.2, 0.25) is 0 Å². The molecule has 0 radical (unpaired) electrons. The molecular formula is C23H32N3O3S+. The van der Waals surface area contributed by atoms with Crippen LogP contribution in [0.1, 0.15) is 30.5 Å². The fourth-order valence-corrected chi connectivity index (χ4v) is 5.58. The minimum Gasteiger partial charge on any atom is -0.323 e. The molecule has 6 nitrogen and oxygen atoms in total. The summed E-state index contributed by atoms with van der Waals surface area (Å²) in [7, 11) is -3.51. The van der Waals surface area contributed by atoms with Crippen LogP contribution >= 0.6 is 0 Å². The van der Waals surface area contributed by atoms with Crippen molar-refractivity contribution in [3.05, 3.63) is 59.2 Å². The number of nitrogens with one attached hydrogen (secondary N) is 2. The molecule has 2 N–H and O–H groups in total. The summed E-state index contributed by atoms with van der Waals surface area (Å²) < 4.78 is 27.7. The summed E-state index contributed by atoms with van der Waals surface area (Å²) in [4.78, 5) is 14.2. The minimum atomic E-state index is -3.51. The number of aryl methyl sites for hydroxylation is 3. The normalized spacial score (nSPS) is 16.9. The number of rotatable bonds is 6. The van der Waals surface area contributed by atoms with Gasteiger partial charge in [-0.3, -0.25) is 4.79 Å². The molecule has 1 aliphatic heterocycles. The maximum absolute atomic E-state index is 13.1. The van der Waals surface area contributed by atoms with Crippen molar-refractivity contribution >= 4 is 21.6 Å². The molecular weight excluding hydrogens is 398 g/mol. The standard InChI is InChI=1S/C23H31N3O3S/c1-5-20-7-9-21(10-8-20)24-23(27)19(4)25-12-14-26(15-13-25)30(28,29)22-11-6-17(2)16-18(22)3/h6-11,16,19H,5,12-15H2,1-4H3,(H,24,27)/p+1/t19-/m1/s1. The maximum Gasteiger partial charge on any atom is 0.282 e. The number of sulfonamides is 1. The number of amides is 1. The second kappa shape index (κ2) is 9.29. The zero-order valence-corrected chi connectivity index (χ0v) is 19.1. The Balaban J connectivity index is 1.60. The lowest BCUT2D eigenvalue weighted by Crippen LogP contribution is -3.19. The number of hydrogen-bond donors (Lipinski definition) is 2. The molecule has 1 saturated heterocycles. The summed E-state index contributed by atoms with van der Waals surface area (Å²) in [6, 6.07) is 13.1. The van der Waals surface area contributed by atoms with E-state index < -0.39 is 10.0 Å². The zero-order valence-electron chi connectivity index (χ0n) is 18.2. The van der Waals surface area contributed by atoms with E-state index in [2.05, 4.69) is 12.2 Å². The highest BCUT2D eigenvalue weighted by Gasteiger charge is 2.35. The maximum atomic E-state index is 13.1. The van der Waals surface area contributed by atoms with Gasteiger partial charge in [-0.05, 0) is 56.5 Å². The van der Waals surface area contributed by atoms with Crippen molar-refractivity contribution in [2.75, 3.05) is 31.5 Å². The topological polar surface area (TPSA) is 70.9 Å². The van der Waals surface area contributed by atoms with E-state index in [9.17, 15) is 13.2 Å². The van der Waals surface area contributed by atoms with Crippen molar-refractivity contribution in [3.63, 3.8) is 0 Å². The van der Waals surface area contributed by atoms with Gasteiger partial charge in [0, 0.05) is 5.69 Å². The first-order valence-electron chi connectivity index (χ1n) is 10.5. The SMILES string of the molecule is CCc1ccc(NC(=O)[C@@H](C)[NH+]2CCN(S(=O)(=O)c3ccc(C)cc3C)CC2)cc1. The molecule has 1 atom stereocenters. The Kier molecular flexibility index (Phi) is 6.95. The second-order valence-corrected chi connectivity index (χ2v) is 10.00. The smallest absolute Gasteiger partial charge is 0.282 e. The van der Waals surface area contributed by atoms with Crippen molar-refractivity contribution in [2.24, 2.45) is 0 Å². The molecule has 0 saturated carbocycles. The third-order valence-electron chi connectivity index (χ3n) is 5.95. The molecule has 1 heterocycles. The summed E-state index contributed by atoms with van der Waals surface area (Å²) in [5.74, 6) is -0.0417. The highest BCUT2D eigenvalue weighted by molar-refractivity contribution is 7.89. The number of carbonyl (C=O) groups is 1. The Bertz CT molecular complexity index is 995. The first kappa shape index (κ1) is 22.5. The lowest BCUT2D eigenvalue weighted by molar-refractivity contribution is -0.917. The molecule has 1 amide bonds. The van der Waals surface area contributed by atoms with E-state index >= 15 is 0 Å². The van der Waals surface area contributed by atoms with Crippen LogP contribution in [0.5, 0.6) is 0 Å². The number of hydrogen-bond acceptors (Lipinski definition) is 3. The lowest BCUT2D eigenvalue weighted by Gasteiger charge is -2.34. The number of quaternary nitrogens is 1. The molecule has 0 unspecified atom stereocenters. The van der Waals surface area contributed by atoms with Gasteiger partial charge in [-0.1, -0.05) is 36.8 Å². The Morgan fingerprint density at radius 3 is 2.30 bits per heavy atom. The van der Waals surface area contributed by atoms with Crippen LogP contribution < -0.4 is 10.2 Å². The predicted molar refractivity (Wildman–Crippen MR) is 119 cm³/mol. The molecule has 0 bridgehead atoms. The first-order chi connectivity index (χ1) is 14.2. The van der Waals surface area contributed by atoms with Crippen LogP contribution in [-0.2, 0) is 21.2 Å². The summed E-state index contributed by atoms with van der Waals surface area (Å²) in [5, 5.41) is 2.98. The van der Waals surface area contributed by atoms with Crippen LogP contribution in [0.15, 0.2) is 47.4 Å². The summed E-state index contributed by atoms with van der Waals surface area (Å²) in [6.45, 7) is 9.82. The minimum absolute atomic E-state index is 0.0417. The van der Waals surface area contributed by atoms with Gasteiger partial charge in [0.1, 0.15) is 0 Å². The van der Waals surface area contributed by atoms with E-state index in [4.69, 9.17) is 0 Å². The van der Waals surface area contributed by atoms with Crippen LogP contribution in [0.3, 0.4) is 0 Å². The van der Waals surface area contributed by atoms with E-state index in [0.29, 0.717) is 31.1 Å². The molecule has 0 aromatic heterocycles. The van der Waals surface area contributed by atoms with Crippen LogP contribution in [0.25, 0.3) is 0 Å². The van der Waals surface area contributed by atoms with Gasteiger partial charge in [-0.15, -0.1) is 0 Å². The zero-order chi connectivity index (χ0) is 21.9. The molecule has 0 spiro atoms. The van der Waals surface area contributed by atoms with Crippen molar-refractivity contribution in [1.82, 2.24) is 4.31 Å². The monoisotopic (exact) mass is 430 g/mol. The van der Waals surface area contributed by atoms with Gasteiger partial charge in [0.15, 0.2) is 6.04 Å². The van der Waals surface area contributed by atoms with Gasteiger partial charge >= 0.3 is 0 Å². The van der Waals surface area contributed by atoms with Gasteiger partial charge < -0.3 is 10.2 Å². The van der Waals surface area contributed by atoms with Crippen LogP contribution in [0, 0.1) is 13.8 Å². The van der Waals surface area contributed by atoms with Crippen LogP contribution in [-0.4, -0.2) is 50.9 Å². The largest absolute Gasteiger partial charge is 0.323 e. The average Bonchev–Trinajstić information content (AvgIpc) is 2.73. The van der Waals surface area contributed by atoms with Gasteiger partial charge in [0.2, 0.25) is 10.0 Å². The third-order valence-corrected chi connectivity index (χ3v) is 8.01. The summed E-state index contributed by atoms with van der Waals surface area (Å²) in [6.07, 6.45) is 0.962. The molecule has 2 aromatic carbocycles. The Morgan fingerprint density at radius 2 is 1.73 bits per heavy atom. The molecule has 30 heavy (non-hydrogen) atoms. The Labute approximate surface area is 179 Å². The molecule has 7 heteroatoms. The molecule has 1 fully saturated rings. The Hall–Kier alpha value is -2.22. The van der Waals surface area contributed by atoms with Gasteiger partial charge in [-0.25, -0.2) is 8.42 Å². The van der Waals surface area contributed by atoms with Crippen molar-refractivity contribution < 1.29 is 18.1 Å². The quantitative estimate of drug-likeness (QED) is 0.734. The van der Waals surface area contributed by atoms with Crippen molar-refractivity contribution in [1.29, 1.82) is 0 Å². The Morgan fingerprint density at radius 1 is 1.10 bits per heavy atom. The number of carbonyl (C=O) groups excluding carboxylic acids is 1. The molecule has 2 aromatic rings. The van der Waals surface area contributed by atoms with E-state index in [1.165, 1.54) is 5.56 Å². The molecule has 0 aliphatic carbocycles. The fourth-order valence-electron chi connectivity index (χ4n) is 3.93. The third kappa shape index (κ3) is 4.91.